The fourth-order valence-electron chi connectivity index (χ4n) is 1.72. The van der Waals surface area contributed by atoms with Crippen LogP contribution in [0.15, 0.2) is 18.2 Å². The second kappa shape index (κ2) is 6.76. The maximum atomic E-state index is 11.7. The molecule has 0 bridgehead atoms. The lowest BCUT2D eigenvalue weighted by Crippen LogP contribution is -2.29. The Hall–Kier alpha value is -2.28. The molecule has 0 fully saturated rings. The molecule has 1 aliphatic heterocycles. The average Bonchev–Trinajstić information content (AvgIpc) is 2.85. The number of nitrogens with one attached hydrogen (secondary N) is 1. The Morgan fingerprint density at radius 1 is 1.30 bits per heavy atom. The van der Waals surface area contributed by atoms with Crippen LogP contribution < -0.4 is 14.8 Å². The molecular formula is C13H15NO6. The maximum absolute atomic E-state index is 11.7. The first-order chi connectivity index (χ1) is 9.65. The number of ether oxygens (including phenoxy) is 3. The van der Waals surface area contributed by atoms with Gasteiger partial charge in [0.25, 0.3) is 0 Å². The molecule has 20 heavy (non-hydrogen) atoms. The Labute approximate surface area is 115 Å². The molecule has 7 nitrogen and oxygen atoms in total. The van der Waals surface area contributed by atoms with Crippen molar-refractivity contribution in [3.63, 3.8) is 0 Å². The maximum Gasteiger partial charge on any atom is 0.329 e. The van der Waals surface area contributed by atoms with Crippen molar-refractivity contribution in [2.24, 2.45) is 0 Å². The third kappa shape index (κ3) is 4.13. The number of hydrogen-bond donors (Lipinski definition) is 2. The minimum Gasteiger partial charge on any atom is -0.480 e. The van der Waals surface area contributed by atoms with E-state index in [1.807, 2.05) is 0 Å². The van der Waals surface area contributed by atoms with Crippen molar-refractivity contribution >= 4 is 11.9 Å². The molecule has 1 heterocycles. The van der Waals surface area contributed by atoms with Crippen molar-refractivity contribution in [1.29, 1.82) is 0 Å². The Kier molecular flexibility index (Phi) is 4.78. The van der Waals surface area contributed by atoms with Gasteiger partial charge in [0.1, 0.15) is 6.61 Å². The molecule has 1 aliphatic rings. The van der Waals surface area contributed by atoms with E-state index < -0.39 is 5.97 Å². The van der Waals surface area contributed by atoms with Gasteiger partial charge >= 0.3 is 5.97 Å². The summed E-state index contributed by atoms with van der Waals surface area (Å²) in [5.74, 6) is 0.121. The largest absolute Gasteiger partial charge is 0.480 e. The van der Waals surface area contributed by atoms with Crippen molar-refractivity contribution in [1.82, 2.24) is 5.32 Å². The predicted octanol–water partition coefficient (Wildman–Crippen LogP) is 0.175. The lowest BCUT2D eigenvalue weighted by molar-refractivity contribution is -0.142. The van der Waals surface area contributed by atoms with Gasteiger partial charge in [0.05, 0.1) is 13.0 Å². The highest BCUT2D eigenvalue weighted by atomic mass is 16.7. The van der Waals surface area contributed by atoms with E-state index in [0.29, 0.717) is 11.5 Å². The molecular weight excluding hydrogens is 266 g/mol. The lowest BCUT2D eigenvalue weighted by atomic mass is 10.1. The third-order valence-electron chi connectivity index (χ3n) is 2.60. The fraction of sp³-hybridized carbons (Fsp3) is 0.385. The van der Waals surface area contributed by atoms with Crippen LogP contribution >= 0.6 is 0 Å². The van der Waals surface area contributed by atoms with Crippen molar-refractivity contribution in [2.75, 3.05) is 26.6 Å². The first kappa shape index (κ1) is 14.1. The van der Waals surface area contributed by atoms with Crippen LogP contribution in [-0.4, -0.2) is 43.5 Å². The van der Waals surface area contributed by atoms with Crippen LogP contribution in [0.4, 0.5) is 0 Å². The molecule has 0 radical (unpaired) electrons. The first-order valence-corrected chi connectivity index (χ1v) is 6.10. The summed E-state index contributed by atoms with van der Waals surface area (Å²) in [5.41, 5.74) is 0.818. The van der Waals surface area contributed by atoms with Gasteiger partial charge in [0, 0.05) is 6.54 Å². The van der Waals surface area contributed by atoms with Crippen LogP contribution in [0.1, 0.15) is 5.56 Å². The van der Waals surface area contributed by atoms with Gasteiger partial charge in [0.15, 0.2) is 11.5 Å². The smallest absolute Gasteiger partial charge is 0.329 e. The van der Waals surface area contributed by atoms with Crippen LogP contribution in [0, 0.1) is 0 Å². The zero-order valence-corrected chi connectivity index (χ0v) is 10.8. The van der Waals surface area contributed by atoms with Gasteiger partial charge in [-0.2, -0.15) is 0 Å². The van der Waals surface area contributed by atoms with Gasteiger partial charge < -0.3 is 24.6 Å². The quantitative estimate of drug-likeness (QED) is 0.692. The number of aliphatic carboxylic acids is 1. The van der Waals surface area contributed by atoms with E-state index in [2.05, 4.69) is 5.32 Å². The van der Waals surface area contributed by atoms with Crippen LogP contribution in [0.3, 0.4) is 0 Å². The summed E-state index contributed by atoms with van der Waals surface area (Å²) < 4.78 is 15.2. The van der Waals surface area contributed by atoms with Crippen molar-refractivity contribution < 1.29 is 28.9 Å². The van der Waals surface area contributed by atoms with Gasteiger partial charge in [0.2, 0.25) is 12.7 Å². The molecule has 0 atom stereocenters. The van der Waals surface area contributed by atoms with Gasteiger partial charge in [-0.25, -0.2) is 4.79 Å². The highest BCUT2D eigenvalue weighted by Gasteiger charge is 2.14. The van der Waals surface area contributed by atoms with E-state index in [1.165, 1.54) is 0 Å². The molecule has 0 spiro atoms. The minimum absolute atomic E-state index is 0.164. The van der Waals surface area contributed by atoms with E-state index in [4.69, 9.17) is 19.3 Å². The Balaban J connectivity index is 1.70. The van der Waals surface area contributed by atoms with E-state index in [1.54, 1.807) is 18.2 Å². The molecule has 0 aliphatic carbocycles. The molecule has 2 N–H and O–H groups in total. The van der Waals surface area contributed by atoms with E-state index in [0.717, 1.165) is 5.56 Å². The zero-order valence-electron chi connectivity index (χ0n) is 10.8. The fourth-order valence-corrected chi connectivity index (χ4v) is 1.72. The lowest BCUT2D eigenvalue weighted by Gasteiger charge is -2.06. The number of fused-ring (bicyclic) bond motifs is 1. The predicted molar refractivity (Wildman–Crippen MR) is 67.7 cm³/mol. The summed E-state index contributed by atoms with van der Waals surface area (Å²) in [6.07, 6.45) is 0.218. The standard InChI is InChI=1S/C13H15NO6/c15-12(14-3-4-18-7-13(16)17)6-9-1-2-10-11(5-9)20-8-19-10/h1-2,5H,3-4,6-8H2,(H,14,15)(H,16,17). The molecule has 0 aromatic heterocycles. The third-order valence-corrected chi connectivity index (χ3v) is 2.60. The molecule has 0 saturated heterocycles. The monoisotopic (exact) mass is 281 g/mol. The number of benzene rings is 1. The summed E-state index contributed by atoms with van der Waals surface area (Å²) in [7, 11) is 0. The minimum atomic E-state index is -1.03. The van der Waals surface area contributed by atoms with Gasteiger partial charge in [-0.3, -0.25) is 4.79 Å². The number of amides is 1. The highest BCUT2D eigenvalue weighted by Crippen LogP contribution is 2.32. The molecule has 1 aromatic rings. The second-order valence-corrected chi connectivity index (χ2v) is 4.16. The van der Waals surface area contributed by atoms with Crippen molar-refractivity contribution in [3.8, 4) is 11.5 Å². The summed E-state index contributed by atoms with van der Waals surface area (Å²) in [5, 5.41) is 11.0. The molecule has 1 amide bonds. The average molecular weight is 281 g/mol. The molecule has 7 heteroatoms. The second-order valence-electron chi connectivity index (χ2n) is 4.16. The first-order valence-electron chi connectivity index (χ1n) is 6.10. The van der Waals surface area contributed by atoms with Gasteiger partial charge in [-0.05, 0) is 17.7 Å². The number of carbonyl (C=O) groups is 2. The van der Waals surface area contributed by atoms with E-state index >= 15 is 0 Å². The zero-order chi connectivity index (χ0) is 14.4. The number of rotatable bonds is 7. The Morgan fingerprint density at radius 3 is 2.90 bits per heavy atom. The van der Waals surface area contributed by atoms with Gasteiger partial charge in [-0.1, -0.05) is 6.07 Å². The van der Waals surface area contributed by atoms with Crippen LogP contribution in [0.25, 0.3) is 0 Å². The molecule has 108 valence electrons. The van der Waals surface area contributed by atoms with Crippen LogP contribution in [-0.2, 0) is 20.7 Å². The summed E-state index contributed by atoms with van der Waals surface area (Å²) in [6, 6.07) is 5.33. The molecule has 1 aromatic carbocycles. The highest BCUT2D eigenvalue weighted by molar-refractivity contribution is 5.78. The SMILES string of the molecule is O=C(O)COCCNC(=O)Cc1ccc2c(c1)OCO2. The summed E-state index contributed by atoms with van der Waals surface area (Å²) in [6.45, 7) is 0.278. The van der Waals surface area contributed by atoms with Gasteiger partial charge in [-0.15, -0.1) is 0 Å². The summed E-state index contributed by atoms with van der Waals surface area (Å²) >= 11 is 0. The number of carboxylic acid groups (broad SMARTS) is 1. The molecule has 0 unspecified atom stereocenters. The summed E-state index contributed by atoms with van der Waals surface area (Å²) in [4.78, 5) is 21.9. The Bertz CT molecular complexity index is 502. The molecule has 2 rings (SSSR count). The van der Waals surface area contributed by atoms with Crippen molar-refractivity contribution in [3.05, 3.63) is 23.8 Å². The normalized spacial score (nSPS) is 12.2. The Morgan fingerprint density at radius 2 is 2.10 bits per heavy atom. The number of hydrogen-bond acceptors (Lipinski definition) is 5. The number of carbonyl (C=O) groups excluding carboxylic acids is 1. The van der Waals surface area contributed by atoms with E-state index in [9.17, 15) is 9.59 Å². The van der Waals surface area contributed by atoms with Crippen LogP contribution in [0.5, 0.6) is 11.5 Å². The molecule has 0 saturated carbocycles. The van der Waals surface area contributed by atoms with Crippen molar-refractivity contribution in [2.45, 2.75) is 6.42 Å². The van der Waals surface area contributed by atoms with E-state index in [-0.39, 0.29) is 38.9 Å². The van der Waals surface area contributed by atoms with Crippen LogP contribution in [0.2, 0.25) is 0 Å². The topological polar surface area (TPSA) is 94.1 Å². The number of carboxylic acids is 1.